The van der Waals surface area contributed by atoms with Crippen molar-refractivity contribution in [1.82, 2.24) is 14.6 Å². The minimum absolute atomic E-state index is 0.581. The highest BCUT2D eigenvalue weighted by Gasteiger charge is 2.42. The monoisotopic (exact) mass is 422 g/mol. The standard InChI is InChI=1S/C24H27ClN4O/c1-13-21(17-11-10-16(30-2)12-19(17)25)24-26-20-5-3-4-18(20)23(29(24)28-13)27-22(14-6-7-14)15-8-9-15/h10-12,14-15,22,27H,3-9H2,1-2H3. The number of hydrogen-bond acceptors (Lipinski definition) is 4. The Morgan fingerprint density at radius 2 is 1.93 bits per heavy atom. The van der Waals surface area contributed by atoms with E-state index < -0.39 is 0 Å². The average Bonchev–Trinajstić information content (AvgIpc) is 3.67. The highest BCUT2D eigenvalue weighted by atomic mass is 35.5. The molecule has 1 N–H and O–H groups in total. The Balaban J connectivity index is 1.52. The van der Waals surface area contributed by atoms with E-state index >= 15 is 0 Å². The van der Waals surface area contributed by atoms with Gasteiger partial charge in [-0.05, 0) is 81.9 Å². The first-order valence-corrected chi connectivity index (χ1v) is 11.5. The van der Waals surface area contributed by atoms with Crippen LogP contribution in [0.4, 0.5) is 5.82 Å². The molecule has 3 aliphatic carbocycles. The van der Waals surface area contributed by atoms with Gasteiger partial charge in [0.1, 0.15) is 11.6 Å². The van der Waals surface area contributed by atoms with Crippen LogP contribution in [0.2, 0.25) is 5.02 Å². The number of aryl methyl sites for hydroxylation is 2. The molecular formula is C24H27ClN4O. The third kappa shape index (κ3) is 2.97. The van der Waals surface area contributed by atoms with Crippen molar-refractivity contribution in [3.8, 4) is 16.9 Å². The summed E-state index contributed by atoms with van der Waals surface area (Å²) >= 11 is 6.65. The summed E-state index contributed by atoms with van der Waals surface area (Å²) in [5.74, 6) is 3.58. The van der Waals surface area contributed by atoms with Crippen LogP contribution < -0.4 is 10.1 Å². The molecule has 2 saturated carbocycles. The van der Waals surface area contributed by atoms with Gasteiger partial charge in [-0.15, -0.1) is 0 Å². The van der Waals surface area contributed by atoms with E-state index in [1.54, 1.807) is 7.11 Å². The van der Waals surface area contributed by atoms with Crippen molar-refractivity contribution >= 4 is 23.1 Å². The highest BCUT2D eigenvalue weighted by molar-refractivity contribution is 6.33. The molecule has 3 aromatic rings. The van der Waals surface area contributed by atoms with Crippen LogP contribution in [0, 0.1) is 18.8 Å². The van der Waals surface area contributed by atoms with Crippen molar-refractivity contribution in [3.63, 3.8) is 0 Å². The molecule has 0 unspecified atom stereocenters. The first kappa shape index (κ1) is 18.5. The lowest BCUT2D eigenvalue weighted by Crippen LogP contribution is -2.27. The molecule has 1 aromatic carbocycles. The van der Waals surface area contributed by atoms with E-state index in [2.05, 4.69) is 16.8 Å². The van der Waals surface area contributed by atoms with Gasteiger partial charge in [-0.25, -0.2) is 4.98 Å². The molecule has 0 amide bonds. The summed E-state index contributed by atoms with van der Waals surface area (Å²) in [6, 6.07) is 6.41. The molecule has 6 heteroatoms. The number of nitrogens with one attached hydrogen (secondary N) is 1. The number of halogens is 1. The molecule has 0 saturated heterocycles. The van der Waals surface area contributed by atoms with Gasteiger partial charge in [0.15, 0.2) is 5.65 Å². The number of methoxy groups -OCH3 is 1. The van der Waals surface area contributed by atoms with E-state index in [-0.39, 0.29) is 0 Å². The van der Waals surface area contributed by atoms with Crippen LogP contribution in [0.15, 0.2) is 18.2 Å². The SMILES string of the molecule is COc1ccc(-c2c(C)nn3c(NC(C4CC4)C4CC4)c4c(nc23)CCC4)c(Cl)c1. The molecule has 5 nitrogen and oxygen atoms in total. The summed E-state index contributed by atoms with van der Waals surface area (Å²) in [7, 11) is 1.66. The summed E-state index contributed by atoms with van der Waals surface area (Å²) in [6.45, 7) is 2.05. The van der Waals surface area contributed by atoms with Gasteiger partial charge in [0.05, 0.1) is 23.4 Å². The van der Waals surface area contributed by atoms with Crippen molar-refractivity contribution in [2.24, 2.45) is 11.8 Å². The number of fused-ring (bicyclic) bond motifs is 2. The molecule has 0 spiro atoms. The van der Waals surface area contributed by atoms with Crippen LogP contribution in [-0.4, -0.2) is 27.7 Å². The third-order valence-corrected chi connectivity index (χ3v) is 7.28. The Kier molecular flexibility index (Phi) is 4.24. The number of rotatable bonds is 6. The maximum Gasteiger partial charge on any atom is 0.165 e. The second kappa shape index (κ2) is 6.88. The fraction of sp³-hybridized carbons (Fsp3) is 0.500. The number of benzene rings is 1. The number of hydrogen-bond donors (Lipinski definition) is 1. The second-order valence-electron chi connectivity index (χ2n) is 9.13. The number of aromatic nitrogens is 3. The molecule has 2 heterocycles. The minimum atomic E-state index is 0.581. The lowest BCUT2D eigenvalue weighted by molar-refractivity contribution is 0.415. The largest absolute Gasteiger partial charge is 0.497 e. The van der Waals surface area contributed by atoms with E-state index in [0.717, 1.165) is 52.9 Å². The average molecular weight is 423 g/mol. The van der Waals surface area contributed by atoms with Crippen LogP contribution in [0.1, 0.15) is 49.1 Å². The van der Waals surface area contributed by atoms with E-state index in [4.69, 9.17) is 26.4 Å². The first-order chi connectivity index (χ1) is 14.6. The van der Waals surface area contributed by atoms with Crippen molar-refractivity contribution < 1.29 is 4.74 Å². The predicted molar refractivity (Wildman–Crippen MR) is 120 cm³/mol. The fourth-order valence-electron chi connectivity index (χ4n) is 5.11. The van der Waals surface area contributed by atoms with Crippen LogP contribution in [0.25, 0.3) is 16.8 Å². The van der Waals surface area contributed by atoms with Crippen LogP contribution >= 0.6 is 11.6 Å². The van der Waals surface area contributed by atoms with Gasteiger partial charge in [-0.3, -0.25) is 0 Å². The summed E-state index contributed by atoms with van der Waals surface area (Å²) in [6.07, 6.45) is 8.72. The zero-order valence-electron chi connectivity index (χ0n) is 17.5. The summed E-state index contributed by atoms with van der Waals surface area (Å²) < 4.78 is 7.40. The minimum Gasteiger partial charge on any atom is -0.497 e. The Morgan fingerprint density at radius 1 is 1.17 bits per heavy atom. The Labute approximate surface area is 181 Å². The number of ether oxygens (including phenoxy) is 1. The van der Waals surface area contributed by atoms with Gasteiger partial charge in [0.2, 0.25) is 0 Å². The summed E-state index contributed by atoms with van der Waals surface area (Å²) in [5.41, 5.74) is 6.44. The Bertz CT molecular complexity index is 1130. The number of nitrogens with zero attached hydrogens (tertiary/aromatic N) is 3. The summed E-state index contributed by atoms with van der Waals surface area (Å²) in [4.78, 5) is 5.10. The smallest absolute Gasteiger partial charge is 0.165 e. The molecule has 0 radical (unpaired) electrons. The predicted octanol–water partition coefficient (Wildman–Crippen LogP) is 5.46. The van der Waals surface area contributed by atoms with E-state index in [1.165, 1.54) is 49.2 Å². The van der Waals surface area contributed by atoms with Gasteiger partial charge in [0.25, 0.3) is 0 Å². The van der Waals surface area contributed by atoms with E-state index in [1.807, 2.05) is 18.2 Å². The van der Waals surface area contributed by atoms with Gasteiger partial charge in [-0.1, -0.05) is 11.6 Å². The van der Waals surface area contributed by atoms with Gasteiger partial charge < -0.3 is 10.1 Å². The molecule has 30 heavy (non-hydrogen) atoms. The van der Waals surface area contributed by atoms with Gasteiger partial charge in [-0.2, -0.15) is 9.61 Å². The van der Waals surface area contributed by atoms with Gasteiger partial charge >= 0.3 is 0 Å². The maximum atomic E-state index is 6.65. The van der Waals surface area contributed by atoms with Crippen LogP contribution in [0.3, 0.4) is 0 Å². The quantitative estimate of drug-likeness (QED) is 0.573. The zero-order valence-corrected chi connectivity index (χ0v) is 18.3. The molecule has 156 valence electrons. The molecule has 0 bridgehead atoms. The first-order valence-electron chi connectivity index (χ1n) is 11.2. The highest BCUT2D eigenvalue weighted by Crippen LogP contribution is 2.47. The third-order valence-electron chi connectivity index (χ3n) is 6.97. The second-order valence-corrected chi connectivity index (χ2v) is 9.53. The molecule has 2 aromatic heterocycles. The molecule has 2 fully saturated rings. The van der Waals surface area contributed by atoms with Crippen molar-refractivity contribution in [1.29, 1.82) is 0 Å². The van der Waals surface area contributed by atoms with E-state index in [0.29, 0.717) is 11.1 Å². The van der Waals surface area contributed by atoms with Gasteiger partial charge in [0, 0.05) is 22.9 Å². The van der Waals surface area contributed by atoms with E-state index in [9.17, 15) is 0 Å². The Hall–Kier alpha value is -2.27. The molecule has 0 aliphatic heterocycles. The fourth-order valence-corrected chi connectivity index (χ4v) is 5.38. The maximum absolute atomic E-state index is 6.65. The lowest BCUT2D eigenvalue weighted by Gasteiger charge is -2.22. The summed E-state index contributed by atoms with van der Waals surface area (Å²) in [5, 5.41) is 9.61. The van der Waals surface area contributed by atoms with Crippen molar-refractivity contribution in [2.75, 3.05) is 12.4 Å². The molecule has 0 atom stereocenters. The van der Waals surface area contributed by atoms with Crippen molar-refractivity contribution in [3.05, 3.63) is 40.2 Å². The number of anilines is 1. The normalized spacial score (nSPS) is 18.3. The lowest BCUT2D eigenvalue weighted by atomic mass is 10.1. The zero-order chi connectivity index (χ0) is 20.4. The molecule has 6 rings (SSSR count). The molecular weight excluding hydrogens is 396 g/mol. The topological polar surface area (TPSA) is 51.5 Å². The molecule has 3 aliphatic rings. The van der Waals surface area contributed by atoms with Crippen LogP contribution in [-0.2, 0) is 12.8 Å². The van der Waals surface area contributed by atoms with Crippen molar-refractivity contribution in [2.45, 2.75) is 57.9 Å². The van der Waals surface area contributed by atoms with Crippen LogP contribution in [0.5, 0.6) is 5.75 Å². The Morgan fingerprint density at radius 3 is 2.60 bits per heavy atom.